The first-order valence-electron chi connectivity index (χ1n) is 13.0. The maximum atomic E-state index is 13.1. The van der Waals surface area contributed by atoms with E-state index in [2.05, 4.69) is 24.9 Å². The van der Waals surface area contributed by atoms with Crippen molar-refractivity contribution in [2.75, 3.05) is 24.7 Å². The Bertz CT molecular complexity index is 1900. The number of anilines is 2. The van der Waals surface area contributed by atoms with Crippen molar-refractivity contribution in [3.05, 3.63) is 35.3 Å². The summed E-state index contributed by atoms with van der Waals surface area (Å²) >= 11 is 0. The Hall–Kier alpha value is -3.33. The van der Waals surface area contributed by atoms with Crippen LogP contribution >= 0.6 is 15.6 Å². The fourth-order valence-corrected chi connectivity index (χ4v) is 7.24. The van der Waals surface area contributed by atoms with Gasteiger partial charge in [-0.05, 0) is 6.07 Å². The van der Waals surface area contributed by atoms with E-state index >= 15 is 0 Å². The number of hydrogen-bond donors (Lipinski definition) is 6. The van der Waals surface area contributed by atoms with Gasteiger partial charge >= 0.3 is 15.6 Å². The van der Waals surface area contributed by atoms with Crippen LogP contribution < -0.4 is 17.0 Å². The van der Waals surface area contributed by atoms with Crippen LogP contribution in [0, 0.1) is 0 Å². The highest BCUT2D eigenvalue weighted by atomic mass is 31.2. The van der Waals surface area contributed by atoms with Gasteiger partial charge in [0.15, 0.2) is 29.3 Å². The van der Waals surface area contributed by atoms with Crippen molar-refractivity contribution in [2.45, 2.75) is 49.4 Å². The van der Waals surface area contributed by atoms with Gasteiger partial charge in [0.05, 0.1) is 37.7 Å². The van der Waals surface area contributed by atoms with Crippen molar-refractivity contribution in [3.8, 4) is 0 Å². The highest BCUT2D eigenvalue weighted by Gasteiger charge is 2.51. The van der Waals surface area contributed by atoms with Crippen molar-refractivity contribution in [2.24, 2.45) is 0 Å². The number of aromatic nitrogens is 7. The summed E-state index contributed by atoms with van der Waals surface area (Å²) in [6, 6.07) is 1.55. The summed E-state index contributed by atoms with van der Waals surface area (Å²) in [5.74, 6) is -0.260. The summed E-state index contributed by atoms with van der Waals surface area (Å²) in [4.78, 5) is 52.4. The fraction of sp³-hybridized carbons (Fsp3) is 0.476. The Balaban J connectivity index is 1.21. The van der Waals surface area contributed by atoms with Crippen LogP contribution in [0.2, 0.25) is 0 Å². The number of phosphoric ester groups is 2. The second-order valence-corrected chi connectivity index (χ2v) is 13.0. The Morgan fingerprint density at radius 1 is 0.909 bits per heavy atom. The van der Waals surface area contributed by atoms with Crippen LogP contribution in [0.4, 0.5) is 11.6 Å². The second-order valence-electron chi connectivity index (χ2n) is 10.2. The molecule has 0 aliphatic carbocycles. The van der Waals surface area contributed by atoms with Gasteiger partial charge in [0, 0.05) is 12.6 Å². The van der Waals surface area contributed by atoms with Gasteiger partial charge in [-0.3, -0.25) is 37.0 Å². The number of aliphatic hydroxyl groups excluding tert-OH is 1. The predicted molar refractivity (Wildman–Crippen MR) is 144 cm³/mol. The summed E-state index contributed by atoms with van der Waals surface area (Å²) < 4.78 is 61.9. The first-order valence-corrected chi connectivity index (χ1v) is 16.0. The number of rotatable bonds is 2. The molecular formula is C21H25N9O12P2. The zero-order chi connectivity index (χ0) is 31.0. The number of hydrogen-bond acceptors (Lipinski definition) is 16. The van der Waals surface area contributed by atoms with E-state index < -0.39 is 77.4 Å². The normalized spacial score (nSPS) is 36.6. The van der Waals surface area contributed by atoms with Crippen LogP contribution in [0.1, 0.15) is 18.9 Å². The van der Waals surface area contributed by atoms with E-state index in [-0.39, 0.29) is 29.2 Å². The number of aromatic amines is 1. The minimum atomic E-state index is -4.95. The van der Waals surface area contributed by atoms with Crippen molar-refractivity contribution in [3.63, 3.8) is 0 Å². The molecule has 3 aliphatic heterocycles. The maximum Gasteiger partial charge on any atom is 0.472 e. The summed E-state index contributed by atoms with van der Waals surface area (Å²) in [5.41, 5.74) is 11.7. The van der Waals surface area contributed by atoms with E-state index in [0.717, 1.165) is 10.9 Å². The molecule has 0 aromatic carbocycles. The van der Waals surface area contributed by atoms with E-state index in [9.17, 15) is 28.8 Å². The number of ether oxygens (including phenoxy) is 2. The zero-order valence-electron chi connectivity index (χ0n) is 22.2. The van der Waals surface area contributed by atoms with Crippen molar-refractivity contribution in [1.29, 1.82) is 0 Å². The lowest BCUT2D eigenvalue weighted by molar-refractivity contribution is -0.0673. The molecule has 4 bridgehead atoms. The number of nitrogens with zero attached hydrogens (tertiary/aromatic N) is 6. The number of nitrogens with one attached hydrogen (secondary N) is 1. The van der Waals surface area contributed by atoms with Gasteiger partial charge in [-0.15, -0.1) is 0 Å². The van der Waals surface area contributed by atoms with Gasteiger partial charge < -0.3 is 35.8 Å². The second kappa shape index (κ2) is 10.6. The molecule has 3 saturated heterocycles. The lowest BCUT2D eigenvalue weighted by Gasteiger charge is -2.24. The average molecular weight is 657 g/mol. The standard InChI is InChI=1S/C21H25N9O12P2/c22-9-1-2-24-16-12(9)25-6-29(16)19-10-3-8(39-19)4-37-44(35,36)42-15-14(31)11(5-38-43(33,34)41-10)40-20(15)30-7-26-13-17(30)27-21(23)28-18(13)32/h1-2,6-8,10-11,14-15,19-20,31H,3-5H2,(H2,22,24)(H,33,34)(H,35,36)(H3,23,27,28,32)/t8-,10+,11+,14+,15+,19+,20+/m0/s1. The number of H-pyrrole nitrogens is 1. The van der Waals surface area contributed by atoms with Crippen LogP contribution in [-0.2, 0) is 36.7 Å². The number of imidazole rings is 2. The molecule has 2 unspecified atom stereocenters. The minimum Gasteiger partial charge on any atom is -0.397 e. The molecule has 0 radical (unpaired) electrons. The van der Waals surface area contributed by atoms with Crippen LogP contribution in [0.3, 0.4) is 0 Å². The summed E-state index contributed by atoms with van der Waals surface area (Å²) in [7, 11) is -9.81. The Labute approximate surface area is 244 Å². The maximum absolute atomic E-state index is 13.1. The molecule has 3 fully saturated rings. The van der Waals surface area contributed by atoms with Gasteiger partial charge in [0.25, 0.3) is 5.56 Å². The van der Waals surface area contributed by atoms with E-state index in [1.54, 1.807) is 6.07 Å². The van der Waals surface area contributed by atoms with Gasteiger partial charge in [0.1, 0.15) is 29.9 Å². The number of phosphoric acid groups is 2. The molecule has 7 rings (SSSR count). The molecule has 236 valence electrons. The monoisotopic (exact) mass is 657 g/mol. The Kier molecular flexibility index (Phi) is 7.11. The van der Waals surface area contributed by atoms with E-state index in [1.807, 2.05) is 0 Å². The van der Waals surface area contributed by atoms with E-state index in [1.165, 1.54) is 17.1 Å². The first-order chi connectivity index (χ1) is 20.9. The number of nitrogens with two attached hydrogens (primary N) is 2. The zero-order valence-corrected chi connectivity index (χ0v) is 24.0. The molecule has 9 atom stereocenters. The molecule has 0 spiro atoms. The van der Waals surface area contributed by atoms with Crippen LogP contribution in [-0.4, -0.2) is 92.7 Å². The van der Waals surface area contributed by atoms with Crippen LogP contribution in [0.15, 0.2) is 29.7 Å². The predicted octanol–water partition coefficient (Wildman–Crippen LogP) is -0.707. The lowest BCUT2D eigenvalue weighted by Crippen LogP contribution is -2.35. The number of aliphatic hydroxyl groups is 1. The molecule has 4 aromatic heterocycles. The van der Waals surface area contributed by atoms with Crippen LogP contribution in [0.25, 0.3) is 22.3 Å². The molecule has 44 heavy (non-hydrogen) atoms. The largest absolute Gasteiger partial charge is 0.472 e. The molecular weight excluding hydrogens is 632 g/mol. The van der Waals surface area contributed by atoms with Crippen molar-refractivity contribution < 1.29 is 51.6 Å². The molecule has 7 heterocycles. The Morgan fingerprint density at radius 2 is 1.61 bits per heavy atom. The van der Waals surface area contributed by atoms with Crippen molar-refractivity contribution in [1.82, 2.24) is 34.1 Å². The smallest absolute Gasteiger partial charge is 0.397 e. The molecule has 0 amide bonds. The average Bonchev–Trinajstić information content (AvgIpc) is 3.72. The quantitative estimate of drug-likeness (QED) is 0.145. The number of fused-ring (bicyclic) bond motifs is 6. The highest BCUT2D eigenvalue weighted by molar-refractivity contribution is 7.47. The summed E-state index contributed by atoms with van der Waals surface area (Å²) in [6.45, 7) is -1.28. The molecule has 3 aliphatic rings. The van der Waals surface area contributed by atoms with Gasteiger partial charge in [-0.25, -0.2) is 24.1 Å². The van der Waals surface area contributed by atoms with Gasteiger partial charge in [-0.2, -0.15) is 4.98 Å². The summed E-state index contributed by atoms with van der Waals surface area (Å²) in [5, 5.41) is 11.0. The fourth-order valence-electron chi connectivity index (χ4n) is 5.36. The third-order valence-corrected chi connectivity index (χ3v) is 9.30. The van der Waals surface area contributed by atoms with Crippen LogP contribution in [0.5, 0.6) is 0 Å². The Morgan fingerprint density at radius 3 is 2.41 bits per heavy atom. The molecule has 8 N–H and O–H groups in total. The summed E-state index contributed by atoms with van der Waals surface area (Å²) in [6.07, 6.45) is -5.62. The topological polar surface area (TPSA) is 297 Å². The van der Waals surface area contributed by atoms with E-state index in [4.69, 9.17) is 39.0 Å². The van der Waals surface area contributed by atoms with Crippen molar-refractivity contribution >= 4 is 49.6 Å². The molecule has 21 nitrogen and oxygen atoms in total. The third kappa shape index (κ3) is 5.21. The molecule has 23 heteroatoms. The first kappa shape index (κ1) is 29.4. The number of nitrogen functional groups attached to an aromatic ring is 2. The highest BCUT2D eigenvalue weighted by Crippen LogP contribution is 2.53. The SMILES string of the molecule is Nc1nc2c(ncn2[C@@H]2O[C@@H]3COP(=O)(O)O[C@@H]4C[C@@H](COP(=O)(O)O[C@@H]2[C@@H]3O)O[C@H]4n2cnc3c(N)ccnc32)c(=O)[nH]1. The third-order valence-electron chi connectivity index (χ3n) is 7.30. The molecule has 4 aromatic rings. The van der Waals surface area contributed by atoms with E-state index in [0.29, 0.717) is 11.2 Å². The van der Waals surface area contributed by atoms with Gasteiger partial charge in [-0.1, -0.05) is 0 Å². The number of pyridine rings is 1. The molecule has 0 saturated carbocycles. The lowest BCUT2D eigenvalue weighted by atomic mass is 10.1. The minimum absolute atomic E-state index is 0.0855. The van der Waals surface area contributed by atoms with Gasteiger partial charge in [0.2, 0.25) is 5.95 Å².